The van der Waals surface area contributed by atoms with Gasteiger partial charge >= 0.3 is 0 Å². The Morgan fingerprint density at radius 1 is 1.25 bits per heavy atom. The summed E-state index contributed by atoms with van der Waals surface area (Å²) in [7, 11) is 0. The maximum atomic E-state index is 3.32. The number of H-pyrrole nitrogens is 1. The molecule has 0 spiro atoms. The quantitative estimate of drug-likeness (QED) is 0.656. The lowest BCUT2D eigenvalue weighted by atomic mass is 10.2. The van der Waals surface area contributed by atoms with Crippen molar-refractivity contribution in [2.24, 2.45) is 0 Å². The lowest BCUT2D eigenvalue weighted by molar-refractivity contribution is 1.29. The number of nitrogens with one attached hydrogen (secondary N) is 1. The summed E-state index contributed by atoms with van der Waals surface area (Å²) in [4.78, 5) is 3.32. The van der Waals surface area contributed by atoms with E-state index in [1.807, 2.05) is 6.92 Å². The van der Waals surface area contributed by atoms with E-state index in [0.29, 0.717) is 0 Å². The second kappa shape index (κ2) is 2.67. The van der Waals surface area contributed by atoms with Crippen LogP contribution in [0, 0.1) is 13.3 Å². The summed E-state index contributed by atoms with van der Waals surface area (Å²) < 4.78 is 0. The first-order chi connectivity index (χ1) is 5.79. The SMILES string of the molecule is C[CH]c1cc2cc(C)ccc2[nH]1. The van der Waals surface area contributed by atoms with Crippen LogP contribution < -0.4 is 0 Å². The van der Waals surface area contributed by atoms with E-state index in [-0.39, 0.29) is 0 Å². The van der Waals surface area contributed by atoms with Crippen LogP contribution in [0.15, 0.2) is 24.3 Å². The molecule has 1 aromatic heterocycles. The van der Waals surface area contributed by atoms with E-state index >= 15 is 0 Å². The van der Waals surface area contributed by atoms with Crippen molar-refractivity contribution in [3.05, 3.63) is 41.9 Å². The minimum absolute atomic E-state index is 1.19. The number of hydrogen-bond acceptors (Lipinski definition) is 0. The predicted molar refractivity (Wildman–Crippen MR) is 52.1 cm³/mol. The maximum Gasteiger partial charge on any atom is 0.0456 e. The summed E-state index contributed by atoms with van der Waals surface area (Å²) in [6.07, 6.45) is 2.08. The number of aryl methyl sites for hydroxylation is 1. The zero-order chi connectivity index (χ0) is 8.55. The molecule has 0 amide bonds. The highest BCUT2D eigenvalue weighted by Crippen LogP contribution is 2.17. The van der Waals surface area contributed by atoms with E-state index in [1.54, 1.807) is 0 Å². The van der Waals surface area contributed by atoms with Gasteiger partial charge in [0.1, 0.15) is 0 Å². The van der Waals surface area contributed by atoms with Crippen LogP contribution in [-0.4, -0.2) is 4.98 Å². The molecule has 1 nitrogen and oxygen atoms in total. The third-order valence-corrected chi connectivity index (χ3v) is 2.11. The molecular formula is C11H12N. The van der Waals surface area contributed by atoms with Crippen molar-refractivity contribution in [1.29, 1.82) is 0 Å². The number of rotatable bonds is 1. The van der Waals surface area contributed by atoms with Crippen LogP contribution in [0.1, 0.15) is 18.2 Å². The van der Waals surface area contributed by atoms with Crippen molar-refractivity contribution >= 4 is 10.9 Å². The third kappa shape index (κ3) is 1.11. The molecule has 0 saturated heterocycles. The molecule has 1 radical (unpaired) electrons. The molecule has 0 aliphatic carbocycles. The molecule has 0 bridgehead atoms. The summed E-state index contributed by atoms with van der Waals surface area (Å²) >= 11 is 0. The number of aromatic nitrogens is 1. The molecule has 1 N–H and O–H groups in total. The molecule has 1 heteroatoms. The Kier molecular flexibility index (Phi) is 1.65. The summed E-state index contributed by atoms with van der Waals surface area (Å²) in [6.45, 7) is 4.15. The third-order valence-electron chi connectivity index (χ3n) is 2.11. The first kappa shape index (κ1) is 7.41. The van der Waals surface area contributed by atoms with E-state index in [2.05, 4.69) is 42.6 Å². The summed E-state index contributed by atoms with van der Waals surface area (Å²) in [5, 5.41) is 1.29. The Morgan fingerprint density at radius 3 is 2.83 bits per heavy atom. The summed E-state index contributed by atoms with van der Waals surface area (Å²) in [6, 6.07) is 8.61. The van der Waals surface area contributed by atoms with E-state index in [4.69, 9.17) is 0 Å². The molecule has 12 heavy (non-hydrogen) atoms. The Hall–Kier alpha value is -1.24. The Bertz CT molecular complexity index is 398. The lowest BCUT2D eigenvalue weighted by Gasteiger charge is -1.90. The van der Waals surface area contributed by atoms with Gasteiger partial charge in [-0.05, 0) is 30.5 Å². The van der Waals surface area contributed by atoms with E-state index in [9.17, 15) is 0 Å². The average molecular weight is 158 g/mol. The normalized spacial score (nSPS) is 10.8. The zero-order valence-electron chi connectivity index (χ0n) is 7.39. The average Bonchev–Trinajstić information content (AvgIpc) is 2.46. The fraction of sp³-hybridized carbons (Fsp3) is 0.182. The van der Waals surface area contributed by atoms with Gasteiger partial charge in [-0.25, -0.2) is 0 Å². The Balaban J connectivity index is 2.67. The van der Waals surface area contributed by atoms with E-state index in [0.717, 1.165) is 0 Å². The van der Waals surface area contributed by atoms with Gasteiger partial charge in [0.05, 0.1) is 0 Å². The van der Waals surface area contributed by atoms with Crippen molar-refractivity contribution in [3.8, 4) is 0 Å². The van der Waals surface area contributed by atoms with Crippen LogP contribution in [0.25, 0.3) is 10.9 Å². The van der Waals surface area contributed by atoms with E-state index in [1.165, 1.54) is 22.2 Å². The summed E-state index contributed by atoms with van der Waals surface area (Å²) in [5.74, 6) is 0. The van der Waals surface area contributed by atoms with Crippen LogP contribution in [-0.2, 0) is 0 Å². The lowest BCUT2D eigenvalue weighted by Crippen LogP contribution is -1.72. The van der Waals surface area contributed by atoms with Crippen LogP contribution in [0.5, 0.6) is 0 Å². The second-order valence-electron chi connectivity index (χ2n) is 3.10. The highest BCUT2D eigenvalue weighted by Gasteiger charge is 1.97. The maximum absolute atomic E-state index is 3.32. The van der Waals surface area contributed by atoms with Gasteiger partial charge in [-0.1, -0.05) is 18.6 Å². The standard InChI is InChI=1S/C11H12N/c1-3-10-7-9-6-8(2)4-5-11(9)12-10/h3-7,12H,1-2H3. The molecule has 0 aliphatic heterocycles. The molecule has 1 heterocycles. The van der Waals surface area contributed by atoms with Crippen LogP contribution in [0.3, 0.4) is 0 Å². The number of aromatic amines is 1. The molecule has 0 saturated carbocycles. The fourth-order valence-electron chi connectivity index (χ4n) is 1.43. The largest absolute Gasteiger partial charge is 0.358 e. The molecule has 0 unspecified atom stereocenters. The Morgan fingerprint density at radius 2 is 2.08 bits per heavy atom. The van der Waals surface area contributed by atoms with Gasteiger partial charge < -0.3 is 4.98 Å². The first-order valence-electron chi connectivity index (χ1n) is 4.18. The van der Waals surface area contributed by atoms with Crippen LogP contribution >= 0.6 is 0 Å². The van der Waals surface area contributed by atoms with Gasteiger partial charge in [0.25, 0.3) is 0 Å². The fourth-order valence-corrected chi connectivity index (χ4v) is 1.43. The molecule has 2 rings (SSSR count). The van der Waals surface area contributed by atoms with E-state index < -0.39 is 0 Å². The first-order valence-corrected chi connectivity index (χ1v) is 4.18. The summed E-state index contributed by atoms with van der Waals surface area (Å²) in [5.41, 5.74) is 3.72. The molecule has 0 atom stereocenters. The monoisotopic (exact) mass is 158 g/mol. The van der Waals surface area contributed by atoms with Gasteiger partial charge in [0.15, 0.2) is 0 Å². The highest BCUT2D eigenvalue weighted by molar-refractivity contribution is 5.81. The van der Waals surface area contributed by atoms with Gasteiger partial charge in [0.2, 0.25) is 0 Å². The molecule has 2 aromatic rings. The number of benzene rings is 1. The molecule has 61 valence electrons. The van der Waals surface area contributed by atoms with Crippen molar-refractivity contribution in [2.75, 3.05) is 0 Å². The smallest absolute Gasteiger partial charge is 0.0456 e. The van der Waals surface area contributed by atoms with Crippen molar-refractivity contribution in [3.63, 3.8) is 0 Å². The van der Waals surface area contributed by atoms with Gasteiger partial charge in [-0.2, -0.15) is 0 Å². The van der Waals surface area contributed by atoms with Crippen molar-refractivity contribution < 1.29 is 0 Å². The molecule has 0 aliphatic rings. The van der Waals surface area contributed by atoms with Crippen LogP contribution in [0.4, 0.5) is 0 Å². The zero-order valence-corrected chi connectivity index (χ0v) is 7.39. The van der Waals surface area contributed by atoms with Gasteiger partial charge in [0, 0.05) is 17.6 Å². The second-order valence-corrected chi connectivity index (χ2v) is 3.10. The number of fused-ring (bicyclic) bond motifs is 1. The Labute approximate surface area is 72.4 Å². The van der Waals surface area contributed by atoms with Crippen LogP contribution in [0.2, 0.25) is 0 Å². The molecule has 0 fully saturated rings. The van der Waals surface area contributed by atoms with Crippen molar-refractivity contribution in [2.45, 2.75) is 13.8 Å². The molecule has 1 aromatic carbocycles. The predicted octanol–water partition coefficient (Wildman–Crippen LogP) is 3.05. The topological polar surface area (TPSA) is 15.8 Å². The minimum Gasteiger partial charge on any atom is -0.358 e. The molecular weight excluding hydrogens is 146 g/mol. The van der Waals surface area contributed by atoms with Crippen molar-refractivity contribution in [1.82, 2.24) is 4.98 Å². The minimum atomic E-state index is 1.19. The van der Waals surface area contributed by atoms with Gasteiger partial charge in [-0.3, -0.25) is 0 Å². The number of hydrogen-bond donors (Lipinski definition) is 1. The van der Waals surface area contributed by atoms with Gasteiger partial charge in [-0.15, -0.1) is 0 Å². The highest BCUT2D eigenvalue weighted by atomic mass is 14.7.